The lowest BCUT2D eigenvalue weighted by Crippen LogP contribution is -2.60. The monoisotopic (exact) mass is 516 g/mol. The summed E-state index contributed by atoms with van der Waals surface area (Å²) in [7, 11) is 0. The van der Waals surface area contributed by atoms with E-state index in [1.807, 2.05) is 34.6 Å². The lowest BCUT2D eigenvalue weighted by Gasteiger charge is -2.61. The van der Waals surface area contributed by atoms with Crippen molar-refractivity contribution in [2.24, 2.45) is 45.3 Å². The molecule has 0 amide bonds. The highest BCUT2D eigenvalue weighted by molar-refractivity contribution is 6.05. The van der Waals surface area contributed by atoms with Crippen LogP contribution in [0.25, 0.3) is 0 Å². The third-order valence-electron chi connectivity index (χ3n) is 11.6. The van der Waals surface area contributed by atoms with Crippen molar-refractivity contribution in [1.82, 2.24) is 0 Å². The summed E-state index contributed by atoms with van der Waals surface area (Å²) in [6.45, 7) is 13.4. The molecule has 0 bridgehead atoms. The molecule has 2 fully saturated rings. The minimum absolute atomic E-state index is 0.00871. The number of ketones is 3. The number of carbonyl (C=O) groups is 4. The number of hydrogen-bond acceptors (Lipinski definition) is 6. The highest BCUT2D eigenvalue weighted by atomic mass is 16.4. The zero-order chi connectivity index (χ0) is 27.9. The summed E-state index contributed by atoms with van der Waals surface area (Å²) < 4.78 is 0. The number of aliphatic hydroxyl groups is 2. The molecule has 4 aliphatic rings. The van der Waals surface area contributed by atoms with Gasteiger partial charge in [0.15, 0.2) is 5.78 Å². The van der Waals surface area contributed by atoms with Crippen LogP contribution in [0.5, 0.6) is 0 Å². The van der Waals surface area contributed by atoms with Gasteiger partial charge >= 0.3 is 5.97 Å². The molecular weight excluding hydrogens is 472 g/mol. The first-order chi connectivity index (χ1) is 16.9. The standard InChI is InChI=1S/C30H44O7/c1-15(10-17(31)11-16(2)26(36)37)18-12-23(35)30(7)25-19(32)13-21-27(3,4)22(34)8-9-28(21,5)24(25)20(33)14-29(18,30)6/h15-16,18-19,21-22,32,34H,8-14H2,1-7H3,(H,36,37)/t15?,16?,18-,19+,21+,22+,28+,29-,30+/m1/s1. The summed E-state index contributed by atoms with van der Waals surface area (Å²) in [4.78, 5) is 51.9. The fraction of sp³-hybridized carbons (Fsp3) is 0.800. The molecule has 0 radical (unpaired) electrons. The topological polar surface area (TPSA) is 129 Å². The van der Waals surface area contributed by atoms with E-state index >= 15 is 0 Å². The molecule has 0 aromatic carbocycles. The second-order valence-corrected chi connectivity index (χ2v) is 13.9. The SMILES string of the molecule is CC(CC(=O)CC(C)[C@H]1CC(=O)[C@@]2(C)C3=C(C(=O)C[C@]12C)[C@@]1(C)CC[C@H](O)C(C)(C)[C@@H]1C[C@@H]3O)C(=O)O. The van der Waals surface area contributed by atoms with Gasteiger partial charge in [-0.3, -0.25) is 19.2 Å². The number of carbonyl (C=O) groups excluding carboxylic acids is 3. The van der Waals surface area contributed by atoms with Gasteiger partial charge in [-0.25, -0.2) is 0 Å². The molecule has 0 saturated heterocycles. The molecule has 0 spiro atoms. The maximum atomic E-state index is 14.1. The van der Waals surface area contributed by atoms with E-state index in [-0.39, 0.29) is 60.8 Å². The van der Waals surface area contributed by atoms with E-state index in [0.29, 0.717) is 30.4 Å². The van der Waals surface area contributed by atoms with Crippen LogP contribution in [0.1, 0.15) is 93.4 Å². The molecule has 0 aliphatic heterocycles. The fourth-order valence-corrected chi connectivity index (χ4v) is 9.12. The number of fused-ring (bicyclic) bond motifs is 4. The quantitative estimate of drug-likeness (QED) is 0.484. The second-order valence-electron chi connectivity index (χ2n) is 13.9. The number of carboxylic acids is 1. The third-order valence-corrected chi connectivity index (χ3v) is 11.6. The molecule has 37 heavy (non-hydrogen) atoms. The lowest BCUT2D eigenvalue weighted by molar-refractivity contribution is -0.144. The van der Waals surface area contributed by atoms with Crippen molar-refractivity contribution in [3.05, 3.63) is 11.1 Å². The van der Waals surface area contributed by atoms with Gasteiger partial charge in [0.25, 0.3) is 0 Å². The molecular formula is C30H44O7. The molecule has 4 rings (SSSR count). The highest BCUT2D eigenvalue weighted by Crippen LogP contribution is 2.70. The average molecular weight is 517 g/mol. The third kappa shape index (κ3) is 3.82. The smallest absolute Gasteiger partial charge is 0.306 e. The Balaban J connectivity index is 1.74. The van der Waals surface area contributed by atoms with Crippen LogP contribution in [0.2, 0.25) is 0 Å². The van der Waals surface area contributed by atoms with Gasteiger partial charge in [0.2, 0.25) is 0 Å². The minimum Gasteiger partial charge on any atom is -0.481 e. The Bertz CT molecular complexity index is 1070. The van der Waals surface area contributed by atoms with Crippen LogP contribution in [-0.2, 0) is 19.2 Å². The number of Topliss-reactive ketones (excluding diaryl/α,β-unsaturated/α-hetero) is 3. The predicted molar refractivity (Wildman–Crippen MR) is 137 cm³/mol. The Morgan fingerprint density at radius 2 is 1.65 bits per heavy atom. The number of allylic oxidation sites excluding steroid dienone is 1. The Morgan fingerprint density at radius 3 is 2.24 bits per heavy atom. The molecule has 3 N–H and O–H groups in total. The fourth-order valence-electron chi connectivity index (χ4n) is 9.12. The maximum absolute atomic E-state index is 14.1. The average Bonchev–Trinajstić information content (AvgIpc) is 2.99. The molecule has 2 unspecified atom stereocenters. The van der Waals surface area contributed by atoms with Gasteiger partial charge in [-0.1, -0.05) is 41.5 Å². The van der Waals surface area contributed by atoms with Crippen LogP contribution in [0.4, 0.5) is 0 Å². The van der Waals surface area contributed by atoms with Crippen LogP contribution in [0.15, 0.2) is 11.1 Å². The Morgan fingerprint density at radius 1 is 1.03 bits per heavy atom. The molecule has 206 valence electrons. The van der Waals surface area contributed by atoms with Crippen LogP contribution in [0, 0.1) is 45.3 Å². The first kappa shape index (κ1) is 28.2. The van der Waals surface area contributed by atoms with E-state index in [1.165, 1.54) is 6.92 Å². The normalized spacial score (nSPS) is 42.5. The minimum atomic E-state index is -1.01. The van der Waals surface area contributed by atoms with E-state index in [1.54, 1.807) is 0 Å². The van der Waals surface area contributed by atoms with Gasteiger partial charge < -0.3 is 15.3 Å². The molecule has 2 saturated carbocycles. The molecule has 4 aliphatic carbocycles. The van der Waals surface area contributed by atoms with Crippen molar-refractivity contribution in [1.29, 1.82) is 0 Å². The predicted octanol–water partition coefficient (Wildman–Crippen LogP) is 4.13. The largest absolute Gasteiger partial charge is 0.481 e. The summed E-state index contributed by atoms with van der Waals surface area (Å²) in [5.74, 6) is -2.45. The van der Waals surface area contributed by atoms with Gasteiger partial charge in [0.1, 0.15) is 11.6 Å². The molecule has 0 aromatic heterocycles. The van der Waals surface area contributed by atoms with Crippen molar-refractivity contribution in [3.63, 3.8) is 0 Å². The second kappa shape index (κ2) is 8.84. The van der Waals surface area contributed by atoms with Gasteiger partial charge in [0.05, 0.1) is 23.5 Å². The van der Waals surface area contributed by atoms with E-state index in [4.69, 9.17) is 0 Å². The summed E-state index contributed by atoms with van der Waals surface area (Å²) in [6, 6.07) is 0. The van der Waals surface area contributed by atoms with Gasteiger partial charge in [-0.05, 0) is 65.8 Å². The first-order valence-electron chi connectivity index (χ1n) is 13.8. The number of hydrogen-bond donors (Lipinski definition) is 3. The highest BCUT2D eigenvalue weighted by Gasteiger charge is 2.70. The Labute approximate surface area is 220 Å². The maximum Gasteiger partial charge on any atom is 0.306 e. The van der Waals surface area contributed by atoms with Gasteiger partial charge in [-0.2, -0.15) is 0 Å². The summed E-state index contributed by atoms with van der Waals surface area (Å²) in [5, 5.41) is 31.6. The number of carboxylic acid groups (broad SMARTS) is 1. The Hall–Kier alpha value is -1.86. The van der Waals surface area contributed by atoms with Crippen LogP contribution in [0.3, 0.4) is 0 Å². The number of rotatable bonds is 6. The van der Waals surface area contributed by atoms with E-state index in [2.05, 4.69) is 6.92 Å². The van der Waals surface area contributed by atoms with Crippen LogP contribution < -0.4 is 0 Å². The zero-order valence-corrected chi connectivity index (χ0v) is 23.4. The van der Waals surface area contributed by atoms with Crippen LogP contribution >= 0.6 is 0 Å². The number of aliphatic carboxylic acids is 1. The van der Waals surface area contributed by atoms with Crippen molar-refractivity contribution in [3.8, 4) is 0 Å². The summed E-state index contributed by atoms with van der Waals surface area (Å²) >= 11 is 0. The van der Waals surface area contributed by atoms with Gasteiger partial charge in [-0.15, -0.1) is 0 Å². The van der Waals surface area contributed by atoms with Crippen molar-refractivity contribution in [2.75, 3.05) is 0 Å². The summed E-state index contributed by atoms with van der Waals surface area (Å²) in [6.07, 6.45) is 0.671. The molecule has 0 aromatic rings. The van der Waals surface area contributed by atoms with Crippen LogP contribution in [-0.4, -0.2) is 50.8 Å². The Kier molecular flexibility index (Phi) is 6.72. The van der Waals surface area contributed by atoms with E-state index < -0.39 is 45.8 Å². The number of aliphatic hydroxyl groups excluding tert-OH is 2. The molecule has 7 nitrogen and oxygen atoms in total. The van der Waals surface area contributed by atoms with Gasteiger partial charge in [0, 0.05) is 31.3 Å². The van der Waals surface area contributed by atoms with E-state index in [9.17, 15) is 34.5 Å². The summed E-state index contributed by atoms with van der Waals surface area (Å²) in [5.41, 5.74) is -1.55. The van der Waals surface area contributed by atoms with Crippen molar-refractivity contribution >= 4 is 23.3 Å². The molecule has 9 atom stereocenters. The van der Waals surface area contributed by atoms with Crippen molar-refractivity contribution in [2.45, 2.75) is 106 Å². The molecule has 0 heterocycles. The lowest BCUT2D eigenvalue weighted by atomic mass is 9.42. The zero-order valence-electron chi connectivity index (χ0n) is 23.4. The first-order valence-corrected chi connectivity index (χ1v) is 13.8. The molecule has 7 heteroatoms. The van der Waals surface area contributed by atoms with E-state index in [0.717, 1.165) is 0 Å². The van der Waals surface area contributed by atoms with Crippen molar-refractivity contribution < 1.29 is 34.5 Å².